The summed E-state index contributed by atoms with van der Waals surface area (Å²) in [6, 6.07) is 26.5. The zero-order chi connectivity index (χ0) is 20.2. The minimum atomic E-state index is 0.0913. The summed E-state index contributed by atoms with van der Waals surface area (Å²) >= 11 is 3.38. The molecule has 4 rings (SSSR count). The van der Waals surface area contributed by atoms with Gasteiger partial charge in [0.05, 0.1) is 0 Å². The first-order chi connectivity index (χ1) is 14.2. The first kappa shape index (κ1) is 18.7. The number of halogens is 1. The van der Waals surface area contributed by atoms with Crippen LogP contribution in [0.4, 0.5) is 5.88 Å². The van der Waals surface area contributed by atoms with Crippen LogP contribution in [0.25, 0.3) is 22.5 Å². The van der Waals surface area contributed by atoms with E-state index in [-0.39, 0.29) is 11.6 Å². The van der Waals surface area contributed by atoms with Crippen LogP contribution < -0.4 is 0 Å². The smallest absolute Gasteiger partial charge is 0.238 e. The Morgan fingerprint density at radius 3 is 2.24 bits per heavy atom. The minimum Gasteiger partial charge on any atom is -0.507 e. The molecule has 5 heteroatoms. The van der Waals surface area contributed by atoms with Gasteiger partial charge in [-0.15, -0.1) is 0 Å². The SMILES string of the molecule is N#Cc1c(/N=C/c2cc(Br)ccc2O)oc(-c2ccccc2)c1-c1ccccc1. The minimum absolute atomic E-state index is 0.0913. The molecule has 0 aliphatic heterocycles. The van der Waals surface area contributed by atoms with Crippen LogP contribution in [0.15, 0.2) is 92.7 Å². The van der Waals surface area contributed by atoms with E-state index >= 15 is 0 Å². The number of aromatic hydroxyl groups is 1. The number of aliphatic imine (C=N–C) groups is 1. The van der Waals surface area contributed by atoms with Crippen molar-refractivity contribution in [2.45, 2.75) is 0 Å². The van der Waals surface area contributed by atoms with Crippen LogP contribution >= 0.6 is 15.9 Å². The molecule has 1 aromatic heterocycles. The topological polar surface area (TPSA) is 69.5 Å². The second-order valence-corrected chi connectivity index (χ2v) is 7.21. The fourth-order valence-corrected chi connectivity index (χ4v) is 3.42. The van der Waals surface area contributed by atoms with E-state index in [2.05, 4.69) is 27.0 Å². The summed E-state index contributed by atoms with van der Waals surface area (Å²) in [6.07, 6.45) is 1.49. The van der Waals surface area contributed by atoms with Gasteiger partial charge in [0.15, 0.2) is 0 Å². The normalized spacial score (nSPS) is 10.9. The van der Waals surface area contributed by atoms with Crippen LogP contribution in [-0.2, 0) is 0 Å². The molecule has 0 atom stereocenters. The average Bonchev–Trinajstić information content (AvgIpc) is 3.14. The maximum atomic E-state index is 10.0. The number of hydrogen-bond acceptors (Lipinski definition) is 4. The summed E-state index contributed by atoms with van der Waals surface area (Å²) < 4.78 is 6.87. The Kier molecular flexibility index (Phi) is 5.28. The summed E-state index contributed by atoms with van der Waals surface area (Å²) in [6.45, 7) is 0. The Hall–Kier alpha value is -3.62. The van der Waals surface area contributed by atoms with E-state index in [1.807, 2.05) is 60.7 Å². The largest absolute Gasteiger partial charge is 0.507 e. The lowest BCUT2D eigenvalue weighted by Crippen LogP contribution is -1.84. The van der Waals surface area contributed by atoms with Crippen LogP contribution in [-0.4, -0.2) is 11.3 Å². The average molecular weight is 443 g/mol. The Morgan fingerprint density at radius 1 is 0.931 bits per heavy atom. The van der Waals surface area contributed by atoms with Gasteiger partial charge in [0.2, 0.25) is 5.88 Å². The maximum absolute atomic E-state index is 10.0. The highest BCUT2D eigenvalue weighted by molar-refractivity contribution is 9.10. The lowest BCUT2D eigenvalue weighted by molar-refractivity contribution is 0.474. The summed E-state index contributed by atoms with van der Waals surface area (Å²) in [4.78, 5) is 4.39. The molecule has 1 heterocycles. The van der Waals surface area contributed by atoms with Crippen molar-refractivity contribution in [3.8, 4) is 34.3 Å². The van der Waals surface area contributed by atoms with Gasteiger partial charge >= 0.3 is 0 Å². The Bertz CT molecular complexity index is 1220. The molecule has 0 fully saturated rings. The number of benzene rings is 3. The molecule has 29 heavy (non-hydrogen) atoms. The third-order valence-corrected chi connectivity index (χ3v) is 4.90. The first-order valence-electron chi connectivity index (χ1n) is 8.87. The van der Waals surface area contributed by atoms with Gasteiger partial charge in [-0.3, -0.25) is 0 Å². The van der Waals surface area contributed by atoms with Gasteiger partial charge in [-0.25, -0.2) is 4.99 Å². The van der Waals surface area contributed by atoms with E-state index < -0.39 is 0 Å². The van der Waals surface area contributed by atoms with Crippen LogP contribution in [0, 0.1) is 11.3 Å². The highest BCUT2D eigenvalue weighted by Gasteiger charge is 2.22. The van der Waals surface area contributed by atoms with Gasteiger partial charge in [-0.1, -0.05) is 76.6 Å². The molecule has 0 bridgehead atoms. The molecule has 1 N–H and O–H groups in total. The number of hydrogen-bond donors (Lipinski definition) is 1. The van der Waals surface area contributed by atoms with Gasteiger partial charge in [-0.2, -0.15) is 5.26 Å². The fraction of sp³-hybridized carbons (Fsp3) is 0. The molecule has 4 nitrogen and oxygen atoms in total. The number of nitrogens with zero attached hydrogens (tertiary/aromatic N) is 2. The van der Waals surface area contributed by atoms with Crippen molar-refractivity contribution in [1.29, 1.82) is 5.26 Å². The van der Waals surface area contributed by atoms with Crippen LogP contribution in [0.1, 0.15) is 11.1 Å². The molecule has 0 unspecified atom stereocenters. The molecule has 0 saturated heterocycles. The van der Waals surface area contributed by atoms with E-state index in [0.29, 0.717) is 22.5 Å². The number of rotatable bonds is 4. The van der Waals surface area contributed by atoms with Crippen molar-refractivity contribution in [3.63, 3.8) is 0 Å². The molecule has 0 aliphatic carbocycles. The molecular formula is C24H15BrN2O2. The summed E-state index contributed by atoms with van der Waals surface area (Å²) in [5, 5.41) is 19.9. The van der Waals surface area contributed by atoms with E-state index in [1.54, 1.807) is 18.2 Å². The molecule has 3 aromatic carbocycles. The van der Waals surface area contributed by atoms with Crippen LogP contribution in [0.5, 0.6) is 5.75 Å². The van der Waals surface area contributed by atoms with E-state index in [4.69, 9.17) is 4.42 Å². The van der Waals surface area contributed by atoms with E-state index in [1.165, 1.54) is 6.21 Å². The van der Waals surface area contributed by atoms with Gasteiger partial charge < -0.3 is 9.52 Å². The monoisotopic (exact) mass is 442 g/mol. The lowest BCUT2D eigenvalue weighted by Gasteiger charge is -2.03. The standard InChI is InChI=1S/C24H15BrN2O2/c25-19-11-12-21(28)18(13-19)15-27-24-20(14-26)22(16-7-3-1-4-8-16)23(29-24)17-9-5-2-6-10-17/h1-13,15,28H/b27-15+. The predicted molar refractivity (Wildman–Crippen MR) is 117 cm³/mol. The number of phenolic OH excluding ortho intramolecular Hbond substituents is 1. The van der Waals surface area contributed by atoms with Gasteiger partial charge in [0.25, 0.3) is 0 Å². The molecular weight excluding hydrogens is 428 g/mol. The third-order valence-electron chi connectivity index (χ3n) is 4.41. The molecule has 0 amide bonds. The van der Waals surface area contributed by atoms with E-state index in [0.717, 1.165) is 15.6 Å². The zero-order valence-electron chi connectivity index (χ0n) is 15.2. The first-order valence-corrected chi connectivity index (χ1v) is 9.67. The Morgan fingerprint density at radius 2 is 1.59 bits per heavy atom. The molecule has 140 valence electrons. The van der Waals surface area contributed by atoms with Crippen LogP contribution in [0.2, 0.25) is 0 Å². The highest BCUT2D eigenvalue weighted by Crippen LogP contribution is 2.42. The fourth-order valence-electron chi connectivity index (χ4n) is 3.04. The number of furan rings is 1. The number of phenols is 1. The highest BCUT2D eigenvalue weighted by atomic mass is 79.9. The Balaban J connectivity index is 1.90. The number of nitriles is 1. The predicted octanol–water partition coefficient (Wildman–Crippen LogP) is 6.70. The molecule has 0 aliphatic rings. The maximum Gasteiger partial charge on any atom is 0.238 e. The van der Waals surface area contributed by atoms with Gasteiger partial charge in [0, 0.05) is 27.4 Å². The molecule has 0 radical (unpaired) electrons. The van der Waals surface area contributed by atoms with Crippen molar-refractivity contribution in [1.82, 2.24) is 0 Å². The summed E-state index contributed by atoms with van der Waals surface area (Å²) in [5.41, 5.74) is 3.29. The summed E-state index contributed by atoms with van der Waals surface area (Å²) in [5.74, 6) is 0.872. The van der Waals surface area contributed by atoms with Crippen molar-refractivity contribution in [3.05, 3.63) is 94.5 Å². The molecule has 4 aromatic rings. The lowest BCUT2D eigenvalue weighted by atomic mass is 9.98. The van der Waals surface area contributed by atoms with Crippen molar-refractivity contribution >= 4 is 28.0 Å². The third kappa shape index (κ3) is 3.84. The molecule has 0 spiro atoms. The van der Waals surface area contributed by atoms with Crippen LogP contribution in [0.3, 0.4) is 0 Å². The van der Waals surface area contributed by atoms with Gasteiger partial charge in [-0.05, 0) is 23.8 Å². The van der Waals surface area contributed by atoms with Crippen molar-refractivity contribution < 1.29 is 9.52 Å². The van der Waals surface area contributed by atoms with Crippen molar-refractivity contribution in [2.75, 3.05) is 0 Å². The second kappa shape index (κ2) is 8.17. The Labute approximate surface area is 176 Å². The van der Waals surface area contributed by atoms with Crippen molar-refractivity contribution in [2.24, 2.45) is 4.99 Å². The zero-order valence-corrected chi connectivity index (χ0v) is 16.8. The quantitative estimate of drug-likeness (QED) is 0.357. The van der Waals surface area contributed by atoms with Gasteiger partial charge in [0.1, 0.15) is 23.1 Å². The molecule has 0 saturated carbocycles. The summed E-state index contributed by atoms with van der Waals surface area (Å²) in [7, 11) is 0. The van der Waals surface area contributed by atoms with E-state index in [9.17, 15) is 10.4 Å². The second-order valence-electron chi connectivity index (χ2n) is 6.29.